The average molecular weight is 258 g/mol. The van der Waals surface area contributed by atoms with Gasteiger partial charge in [-0.15, -0.1) is 0 Å². The molecule has 0 aliphatic carbocycles. The van der Waals surface area contributed by atoms with Crippen LogP contribution in [-0.4, -0.2) is 24.7 Å². The molecule has 1 N–H and O–H groups in total. The van der Waals surface area contributed by atoms with E-state index in [0.717, 1.165) is 11.9 Å². The van der Waals surface area contributed by atoms with Crippen molar-refractivity contribution < 1.29 is 4.74 Å². The maximum Gasteiger partial charge on any atom is 0.0705 e. The monoisotopic (exact) mass is 258 g/mol. The van der Waals surface area contributed by atoms with E-state index < -0.39 is 0 Å². The first kappa shape index (κ1) is 14.0. The second-order valence-corrected chi connectivity index (χ2v) is 5.46. The summed E-state index contributed by atoms with van der Waals surface area (Å²) in [5.41, 5.74) is 2.14. The van der Waals surface area contributed by atoms with Crippen molar-refractivity contribution >= 4 is 10.9 Å². The Labute approximate surface area is 115 Å². The van der Waals surface area contributed by atoms with E-state index in [9.17, 15) is 0 Å². The Kier molecular flexibility index (Phi) is 4.17. The van der Waals surface area contributed by atoms with Crippen molar-refractivity contribution in [1.29, 1.82) is 0 Å². The van der Waals surface area contributed by atoms with Crippen LogP contribution in [0.1, 0.15) is 31.9 Å². The van der Waals surface area contributed by atoms with Crippen LogP contribution < -0.4 is 5.32 Å². The number of ether oxygens (including phenoxy) is 1. The van der Waals surface area contributed by atoms with Crippen molar-refractivity contribution in [3.8, 4) is 0 Å². The zero-order valence-electron chi connectivity index (χ0n) is 12.1. The lowest BCUT2D eigenvalue weighted by atomic mass is 9.93. The molecule has 0 aliphatic rings. The molecule has 0 fully saturated rings. The van der Waals surface area contributed by atoms with Gasteiger partial charge in [0.15, 0.2) is 0 Å². The molecule has 2 aromatic rings. The molecule has 0 radical (unpaired) electrons. The molecule has 1 atom stereocenters. The number of methoxy groups -OCH3 is 1. The Morgan fingerprint density at radius 1 is 1.32 bits per heavy atom. The van der Waals surface area contributed by atoms with Crippen molar-refractivity contribution in [3.63, 3.8) is 0 Å². The van der Waals surface area contributed by atoms with Crippen LogP contribution in [0.5, 0.6) is 0 Å². The summed E-state index contributed by atoms with van der Waals surface area (Å²) in [4.78, 5) is 4.42. The molecule has 1 unspecified atom stereocenters. The fourth-order valence-electron chi connectivity index (χ4n) is 2.26. The smallest absolute Gasteiger partial charge is 0.0705 e. The van der Waals surface area contributed by atoms with E-state index in [2.05, 4.69) is 48.4 Å². The topological polar surface area (TPSA) is 34.1 Å². The van der Waals surface area contributed by atoms with Crippen LogP contribution in [0.25, 0.3) is 10.9 Å². The van der Waals surface area contributed by atoms with Gasteiger partial charge < -0.3 is 10.1 Å². The van der Waals surface area contributed by atoms with Crippen molar-refractivity contribution in [2.24, 2.45) is 0 Å². The minimum absolute atomic E-state index is 0.146. The summed E-state index contributed by atoms with van der Waals surface area (Å²) in [5, 5.41) is 4.54. The molecular formula is C16H22N2O. The van der Waals surface area contributed by atoms with Gasteiger partial charge in [0.05, 0.1) is 11.1 Å². The predicted molar refractivity (Wildman–Crippen MR) is 79.2 cm³/mol. The zero-order chi connectivity index (χ0) is 13.9. The first-order valence-corrected chi connectivity index (χ1v) is 6.63. The van der Waals surface area contributed by atoms with Crippen molar-refractivity contribution in [1.82, 2.24) is 10.3 Å². The summed E-state index contributed by atoms with van der Waals surface area (Å²) in [6.07, 6.45) is 2.75. The van der Waals surface area contributed by atoms with Gasteiger partial charge in [-0.2, -0.15) is 0 Å². The van der Waals surface area contributed by atoms with Crippen LogP contribution in [0, 0.1) is 0 Å². The van der Waals surface area contributed by atoms with E-state index in [-0.39, 0.29) is 11.6 Å². The van der Waals surface area contributed by atoms with E-state index >= 15 is 0 Å². The normalized spacial score (nSPS) is 13.7. The molecule has 102 valence electrons. The summed E-state index contributed by atoms with van der Waals surface area (Å²) >= 11 is 0. The number of pyridine rings is 1. The van der Waals surface area contributed by atoms with Crippen LogP contribution in [0.3, 0.4) is 0 Å². The van der Waals surface area contributed by atoms with Gasteiger partial charge in [0.25, 0.3) is 0 Å². The molecule has 2 rings (SSSR count). The highest BCUT2D eigenvalue weighted by atomic mass is 16.5. The molecule has 1 aromatic carbocycles. The van der Waals surface area contributed by atoms with Crippen LogP contribution in [-0.2, 0) is 4.74 Å². The van der Waals surface area contributed by atoms with Crippen molar-refractivity contribution in [2.45, 2.75) is 31.9 Å². The Balaban J connectivity index is 2.30. The molecule has 0 amide bonds. The van der Waals surface area contributed by atoms with Gasteiger partial charge in [-0.1, -0.05) is 18.2 Å². The van der Waals surface area contributed by atoms with E-state index in [0.29, 0.717) is 0 Å². The van der Waals surface area contributed by atoms with Crippen LogP contribution >= 0.6 is 0 Å². The molecule has 0 saturated carbocycles. The largest absolute Gasteiger partial charge is 0.379 e. The third-order valence-corrected chi connectivity index (χ3v) is 3.63. The number of nitrogens with zero attached hydrogens (tertiary/aromatic N) is 1. The van der Waals surface area contributed by atoms with E-state index in [1.807, 2.05) is 19.3 Å². The molecule has 3 heteroatoms. The SMILES string of the molecule is CNC(CC(C)(C)OC)c1ccc2cccnc2c1. The maximum atomic E-state index is 5.52. The standard InChI is InChI=1S/C16H22N2O/c1-16(2,19-4)11-15(17-3)13-8-7-12-6-5-9-18-14(12)10-13/h5-10,15,17H,11H2,1-4H3. The summed E-state index contributed by atoms with van der Waals surface area (Å²) in [5.74, 6) is 0. The number of hydrogen-bond acceptors (Lipinski definition) is 3. The van der Waals surface area contributed by atoms with Gasteiger partial charge in [-0.05, 0) is 45.0 Å². The quantitative estimate of drug-likeness (QED) is 0.893. The number of fused-ring (bicyclic) bond motifs is 1. The van der Waals surface area contributed by atoms with Gasteiger partial charge in [0.2, 0.25) is 0 Å². The third kappa shape index (κ3) is 3.31. The molecule has 0 spiro atoms. The fourth-order valence-corrected chi connectivity index (χ4v) is 2.26. The lowest BCUT2D eigenvalue weighted by Gasteiger charge is -2.28. The molecule has 0 bridgehead atoms. The van der Waals surface area contributed by atoms with Gasteiger partial charge in [0, 0.05) is 24.7 Å². The molecular weight excluding hydrogens is 236 g/mol. The van der Waals surface area contributed by atoms with Crippen LogP contribution in [0.4, 0.5) is 0 Å². The first-order chi connectivity index (χ1) is 9.05. The number of rotatable bonds is 5. The number of nitrogens with one attached hydrogen (secondary N) is 1. The van der Waals surface area contributed by atoms with Gasteiger partial charge in [0.1, 0.15) is 0 Å². The minimum Gasteiger partial charge on any atom is -0.379 e. The van der Waals surface area contributed by atoms with Crippen molar-refractivity contribution in [3.05, 3.63) is 42.1 Å². The Morgan fingerprint density at radius 2 is 2.11 bits per heavy atom. The molecule has 19 heavy (non-hydrogen) atoms. The summed E-state index contributed by atoms with van der Waals surface area (Å²) in [6.45, 7) is 4.22. The van der Waals surface area contributed by atoms with Gasteiger partial charge >= 0.3 is 0 Å². The Hall–Kier alpha value is -1.45. The van der Waals surface area contributed by atoms with Gasteiger partial charge in [-0.25, -0.2) is 0 Å². The Morgan fingerprint density at radius 3 is 2.79 bits per heavy atom. The van der Waals surface area contributed by atoms with Crippen LogP contribution in [0.2, 0.25) is 0 Å². The molecule has 1 heterocycles. The molecule has 1 aromatic heterocycles. The molecule has 0 saturated heterocycles. The fraction of sp³-hybridized carbons (Fsp3) is 0.438. The van der Waals surface area contributed by atoms with E-state index in [1.54, 1.807) is 7.11 Å². The summed E-state index contributed by atoms with van der Waals surface area (Å²) in [7, 11) is 3.74. The zero-order valence-corrected chi connectivity index (χ0v) is 12.1. The second kappa shape index (κ2) is 5.68. The average Bonchev–Trinajstić information content (AvgIpc) is 2.44. The minimum atomic E-state index is -0.146. The maximum absolute atomic E-state index is 5.52. The predicted octanol–water partition coefficient (Wildman–Crippen LogP) is 3.31. The summed E-state index contributed by atoms with van der Waals surface area (Å²) < 4.78 is 5.52. The third-order valence-electron chi connectivity index (χ3n) is 3.63. The highest BCUT2D eigenvalue weighted by molar-refractivity contribution is 5.78. The number of benzene rings is 1. The van der Waals surface area contributed by atoms with Crippen LogP contribution in [0.15, 0.2) is 36.5 Å². The van der Waals surface area contributed by atoms with E-state index in [1.165, 1.54) is 10.9 Å². The number of aromatic nitrogens is 1. The lowest BCUT2D eigenvalue weighted by Crippen LogP contribution is -2.30. The number of hydrogen-bond donors (Lipinski definition) is 1. The van der Waals surface area contributed by atoms with E-state index in [4.69, 9.17) is 4.74 Å². The highest BCUT2D eigenvalue weighted by Gasteiger charge is 2.23. The second-order valence-electron chi connectivity index (χ2n) is 5.46. The highest BCUT2D eigenvalue weighted by Crippen LogP contribution is 2.27. The Bertz CT molecular complexity index is 551. The molecule has 3 nitrogen and oxygen atoms in total. The first-order valence-electron chi connectivity index (χ1n) is 6.63. The molecule has 0 aliphatic heterocycles. The summed E-state index contributed by atoms with van der Waals surface area (Å²) in [6, 6.07) is 10.8. The van der Waals surface area contributed by atoms with Gasteiger partial charge in [-0.3, -0.25) is 4.98 Å². The lowest BCUT2D eigenvalue weighted by molar-refractivity contribution is 0.00745. The van der Waals surface area contributed by atoms with Crippen molar-refractivity contribution in [2.75, 3.05) is 14.2 Å².